The quantitative estimate of drug-likeness (QED) is 0.0158. The van der Waals surface area contributed by atoms with Gasteiger partial charge in [-0.15, -0.1) is 0 Å². The molecule has 0 spiro atoms. The summed E-state index contributed by atoms with van der Waals surface area (Å²) >= 11 is 0. The summed E-state index contributed by atoms with van der Waals surface area (Å²) in [5.41, 5.74) is 17.1. The topological polar surface area (TPSA) is 280 Å². The summed E-state index contributed by atoms with van der Waals surface area (Å²) in [5, 5.41) is 11.8. The van der Waals surface area contributed by atoms with Crippen LogP contribution in [0.15, 0.2) is 113 Å². The minimum absolute atomic E-state index is 0.0152. The zero-order valence-electron chi connectivity index (χ0n) is 40.9. The van der Waals surface area contributed by atoms with Crippen molar-refractivity contribution in [2.45, 2.75) is 95.8 Å². The Labute approximate surface area is 415 Å². The van der Waals surface area contributed by atoms with E-state index in [-0.39, 0.29) is 49.3 Å². The molecule has 17 nitrogen and oxygen atoms in total. The van der Waals surface area contributed by atoms with E-state index >= 15 is 0 Å². The van der Waals surface area contributed by atoms with Gasteiger partial charge in [-0.3, -0.25) is 35.4 Å². The Bertz CT molecular complexity index is 2900. The number of unbranched alkanes of at least 4 members (excludes halogenated alkanes) is 1. The van der Waals surface area contributed by atoms with Crippen LogP contribution < -0.4 is 47.6 Å². The van der Waals surface area contributed by atoms with Crippen molar-refractivity contribution in [1.29, 1.82) is 0 Å². The van der Waals surface area contributed by atoms with Gasteiger partial charge in [0.2, 0.25) is 22.7 Å². The van der Waals surface area contributed by atoms with E-state index in [1.165, 1.54) is 0 Å². The second-order valence-electron chi connectivity index (χ2n) is 18.4. The maximum atomic E-state index is 14.4. The van der Waals surface area contributed by atoms with Crippen LogP contribution >= 0.6 is 0 Å². The SMILES string of the molecule is CC(C)CCOc1ccc2ccccc2c1-c1c(OCC(=O)N[C@H](CCCC[NH3+])C(=O)N[C@H](CCC[NH+]=C(N)N)C(=O)N[C@@H](CC(C)C)c2nc(S(=O)(=O)O)c(-c3ccccc3)o2)ccc2ccccc12. The Morgan fingerprint density at radius 3 is 1.89 bits per heavy atom. The number of nitrogens with zero attached hydrogens (tertiary/aromatic N) is 1. The molecular formula is C53H68N8O9S+2. The number of quaternary nitrogens is 1. The Morgan fingerprint density at radius 2 is 1.30 bits per heavy atom. The highest BCUT2D eigenvalue weighted by atomic mass is 32.2. The number of benzene rings is 5. The summed E-state index contributed by atoms with van der Waals surface area (Å²) in [6.07, 6.45) is 3.01. The minimum Gasteiger partial charge on any atom is -0.493 e. The molecule has 378 valence electrons. The highest BCUT2D eigenvalue weighted by molar-refractivity contribution is 7.85. The summed E-state index contributed by atoms with van der Waals surface area (Å²) in [6, 6.07) is 28.9. The predicted octanol–water partition coefficient (Wildman–Crippen LogP) is 4.79. The molecule has 0 saturated carbocycles. The van der Waals surface area contributed by atoms with Gasteiger partial charge >= 0.3 is 16.1 Å². The van der Waals surface area contributed by atoms with Crippen LogP contribution in [0.1, 0.15) is 84.6 Å². The normalized spacial score (nSPS) is 12.9. The largest absolute Gasteiger partial charge is 0.493 e. The van der Waals surface area contributed by atoms with E-state index in [1.807, 2.05) is 86.6 Å². The Morgan fingerprint density at radius 1 is 0.718 bits per heavy atom. The van der Waals surface area contributed by atoms with Crippen molar-refractivity contribution in [3.63, 3.8) is 0 Å². The molecule has 0 radical (unpaired) electrons. The van der Waals surface area contributed by atoms with Gasteiger partial charge in [0.15, 0.2) is 12.4 Å². The molecule has 1 aromatic heterocycles. The fourth-order valence-corrected chi connectivity index (χ4v) is 8.90. The van der Waals surface area contributed by atoms with Crippen LogP contribution in [-0.4, -0.2) is 80.0 Å². The summed E-state index contributed by atoms with van der Waals surface area (Å²) in [5.74, 6) is -0.641. The lowest BCUT2D eigenvalue weighted by molar-refractivity contribution is -0.459. The number of hydrogen-bond acceptors (Lipinski definition) is 9. The van der Waals surface area contributed by atoms with Crippen LogP contribution in [0.4, 0.5) is 0 Å². The zero-order chi connectivity index (χ0) is 51.1. The van der Waals surface area contributed by atoms with Crippen molar-refractivity contribution in [1.82, 2.24) is 20.9 Å². The Kier molecular flexibility index (Phi) is 18.9. The van der Waals surface area contributed by atoms with Gasteiger partial charge in [0, 0.05) is 16.7 Å². The molecule has 5 aromatic carbocycles. The van der Waals surface area contributed by atoms with E-state index in [2.05, 4.69) is 45.5 Å². The van der Waals surface area contributed by atoms with E-state index in [9.17, 15) is 27.4 Å². The number of nitrogens with one attached hydrogen (secondary N) is 4. The van der Waals surface area contributed by atoms with Crippen LogP contribution in [0, 0.1) is 11.8 Å². The predicted molar refractivity (Wildman–Crippen MR) is 273 cm³/mol. The third-order valence-electron chi connectivity index (χ3n) is 11.8. The molecule has 71 heavy (non-hydrogen) atoms. The number of nitrogens with two attached hydrogens (primary N) is 2. The van der Waals surface area contributed by atoms with Gasteiger partial charge in [-0.25, -0.2) is 0 Å². The molecular weight excluding hydrogens is 925 g/mol. The number of fused-ring (bicyclic) bond motifs is 2. The van der Waals surface area contributed by atoms with Crippen LogP contribution in [0.5, 0.6) is 11.5 Å². The molecule has 6 rings (SSSR count). The smallest absolute Gasteiger partial charge is 0.338 e. The van der Waals surface area contributed by atoms with Gasteiger partial charge in [0.05, 0.1) is 19.7 Å². The number of hydrogen-bond donors (Lipinski definition) is 8. The van der Waals surface area contributed by atoms with Gasteiger partial charge in [-0.2, -0.15) is 13.4 Å². The standard InChI is InChI=1S/C53H66N8O9S/c1-33(2)27-30-68-43-25-23-35-15-8-10-19-38(35)46(43)47-39-20-11-9-16-36(39)24-26-44(47)69-32-45(62)58-40(21-12-13-28-54)49(63)59-41(22-14-29-57-53(55)56)50(64)60-42(31-34(3)4)51-61-52(71(65,66)67)48(70-51)37-17-6-5-7-18-37/h5-11,15-20,23-26,33-34,40-42H,12-14,21-22,27-32,54H2,1-4H3,(H,58,62)(H,59,63)(H,60,64)(H4,55,56,57)(H,65,66,67)/p+2/t40-,41-,42+/m1/s1. The number of carbonyl (C=O) groups excluding carboxylic acids is 3. The summed E-state index contributed by atoms with van der Waals surface area (Å²) in [4.78, 5) is 49.7. The molecule has 6 aromatic rings. The zero-order valence-corrected chi connectivity index (χ0v) is 41.7. The van der Waals surface area contributed by atoms with Gasteiger partial charge < -0.3 is 35.6 Å². The monoisotopic (exact) mass is 992 g/mol. The van der Waals surface area contributed by atoms with E-state index in [0.29, 0.717) is 55.4 Å². The second kappa shape index (κ2) is 25.2. The molecule has 0 fully saturated rings. The summed E-state index contributed by atoms with van der Waals surface area (Å²) < 4.78 is 54.1. The number of ether oxygens (including phenoxy) is 2. The maximum absolute atomic E-state index is 14.4. The first-order chi connectivity index (χ1) is 34.0. The number of carbonyl (C=O) groups is 3. The van der Waals surface area contributed by atoms with Gasteiger partial charge in [0.1, 0.15) is 29.6 Å². The lowest BCUT2D eigenvalue weighted by atomic mass is 9.92. The van der Waals surface area contributed by atoms with Gasteiger partial charge in [-0.05, 0) is 90.5 Å². The fraction of sp³-hybridized carbons (Fsp3) is 0.377. The van der Waals surface area contributed by atoms with Crippen LogP contribution in [0.25, 0.3) is 44.0 Å². The minimum atomic E-state index is -4.85. The molecule has 0 unspecified atom stereocenters. The molecule has 18 heteroatoms. The first-order valence-corrected chi connectivity index (χ1v) is 25.6. The molecule has 3 atom stereocenters. The summed E-state index contributed by atoms with van der Waals surface area (Å²) in [6.45, 7) is 9.05. The Balaban J connectivity index is 1.26. The van der Waals surface area contributed by atoms with Gasteiger partial charge in [0.25, 0.3) is 5.91 Å². The van der Waals surface area contributed by atoms with Gasteiger partial charge in [-0.1, -0.05) is 119 Å². The van der Waals surface area contributed by atoms with Crippen molar-refractivity contribution < 1.29 is 52.0 Å². The van der Waals surface area contributed by atoms with Crippen molar-refractivity contribution in [2.24, 2.45) is 23.3 Å². The fourth-order valence-electron chi connectivity index (χ4n) is 8.30. The number of rotatable bonds is 26. The average Bonchev–Trinajstić information content (AvgIpc) is 3.81. The number of oxazole rings is 1. The lowest BCUT2D eigenvalue weighted by Gasteiger charge is -2.25. The van der Waals surface area contributed by atoms with E-state index in [0.717, 1.165) is 39.1 Å². The number of aromatic nitrogens is 1. The number of guanidine groups is 1. The molecule has 1 heterocycles. The van der Waals surface area contributed by atoms with Crippen molar-refractivity contribution in [2.75, 3.05) is 26.3 Å². The van der Waals surface area contributed by atoms with E-state index < -0.39 is 57.6 Å². The number of amides is 3. The molecule has 0 bridgehead atoms. The molecule has 12 N–H and O–H groups in total. The van der Waals surface area contributed by atoms with E-state index in [4.69, 9.17) is 25.4 Å². The summed E-state index contributed by atoms with van der Waals surface area (Å²) in [7, 11) is -4.85. The second-order valence-corrected chi connectivity index (χ2v) is 19.7. The van der Waals surface area contributed by atoms with Crippen molar-refractivity contribution in [3.8, 4) is 33.9 Å². The molecule has 0 aliphatic heterocycles. The highest BCUT2D eigenvalue weighted by Gasteiger charge is 2.33. The molecule has 0 saturated heterocycles. The maximum Gasteiger partial charge on any atom is 0.338 e. The third-order valence-corrected chi connectivity index (χ3v) is 12.6. The first kappa shape index (κ1) is 53.3. The van der Waals surface area contributed by atoms with E-state index in [1.54, 1.807) is 30.3 Å². The lowest BCUT2D eigenvalue weighted by Crippen LogP contribution is -2.78. The highest BCUT2D eigenvalue weighted by Crippen LogP contribution is 2.45. The third kappa shape index (κ3) is 14.8. The van der Waals surface area contributed by atoms with Crippen LogP contribution in [0.2, 0.25) is 0 Å². The average molecular weight is 993 g/mol. The first-order valence-electron chi connectivity index (χ1n) is 24.2. The van der Waals surface area contributed by atoms with Crippen molar-refractivity contribution in [3.05, 3.63) is 109 Å². The molecule has 3 amide bonds. The Hall–Kier alpha value is -7.02. The van der Waals surface area contributed by atoms with Crippen LogP contribution in [-0.2, 0) is 24.5 Å². The molecule has 0 aliphatic carbocycles. The van der Waals surface area contributed by atoms with Crippen LogP contribution in [0.3, 0.4) is 0 Å². The van der Waals surface area contributed by atoms with Crippen molar-refractivity contribution >= 4 is 55.3 Å². The molecule has 0 aliphatic rings.